The summed E-state index contributed by atoms with van der Waals surface area (Å²) in [5, 5.41) is 14.2. The summed E-state index contributed by atoms with van der Waals surface area (Å²) in [5.41, 5.74) is 0.881. The highest BCUT2D eigenvalue weighted by Crippen LogP contribution is 2.24. The third kappa shape index (κ3) is 3.46. The maximum atomic E-state index is 10.8. The second kappa shape index (κ2) is 6.67. The Hall–Kier alpha value is -1.66. The van der Waals surface area contributed by atoms with Crippen molar-refractivity contribution < 1.29 is 14.4 Å². The molecule has 20 heavy (non-hydrogen) atoms. The molecule has 1 aliphatic rings. The Balaban J connectivity index is 2.03. The van der Waals surface area contributed by atoms with Crippen LogP contribution in [0.1, 0.15) is 18.9 Å². The van der Waals surface area contributed by atoms with E-state index in [1.165, 1.54) is 6.07 Å². The average molecular weight is 280 g/mol. The molecule has 0 amide bonds. The van der Waals surface area contributed by atoms with Gasteiger partial charge in [0, 0.05) is 36.9 Å². The Morgan fingerprint density at radius 1 is 1.60 bits per heavy atom. The molecule has 1 fully saturated rings. The molecule has 0 aromatic heterocycles. The van der Waals surface area contributed by atoms with Gasteiger partial charge in [0.1, 0.15) is 5.75 Å². The van der Waals surface area contributed by atoms with Crippen molar-refractivity contribution in [2.24, 2.45) is 5.92 Å². The quantitative estimate of drug-likeness (QED) is 0.638. The number of nitrogens with zero attached hydrogens (tertiary/aromatic N) is 1. The fraction of sp³-hybridized carbons (Fsp3) is 0.571. The molecular formula is C14H20N2O4. The van der Waals surface area contributed by atoms with E-state index in [0.29, 0.717) is 24.3 Å². The lowest BCUT2D eigenvalue weighted by atomic mass is 10.0. The molecular weight excluding hydrogens is 260 g/mol. The minimum absolute atomic E-state index is 0.0828. The smallest absolute Gasteiger partial charge is 0.270 e. The molecule has 1 aromatic rings. The van der Waals surface area contributed by atoms with E-state index in [1.54, 1.807) is 19.2 Å². The van der Waals surface area contributed by atoms with Crippen molar-refractivity contribution in [3.63, 3.8) is 0 Å². The monoisotopic (exact) mass is 280 g/mol. The molecule has 110 valence electrons. The topological polar surface area (TPSA) is 73.6 Å². The maximum absolute atomic E-state index is 10.8. The van der Waals surface area contributed by atoms with E-state index in [2.05, 4.69) is 12.2 Å². The number of ether oxygens (including phenoxy) is 2. The highest BCUT2D eigenvalue weighted by atomic mass is 16.6. The predicted molar refractivity (Wildman–Crippen MR) is 74.9 cm³/mol. The average Bonchev–Trinajstić information content (AvgIpc) is 2.98. The maximum Gasteiger partial charge on any atom is 0.270 e. The highest BCUT2D eigenvalue weighted by molar-refractivity contribution is 5.43. The molecule has 2 rings (SSSR count). The van der Waals surface area contributed by atoms with Gasteiger partial charge in [-0.25, -0.2) is 0 Å². The lowest BCUT2D eigenvalue weighted by molar-refractivity contribution is -0.384. The van der Waals surface area contributed by atoms with E-state index in [-0.39, 0.29) is 5.69 Å². The third-order valence-electron chi connectivity index (χ3n) is 3.76. The van der Waals surface area contributed by atoms with Crippen LogP contribution in [0.2, 0.25) is 0 Å². The van der Waals surface area contributed by atoms with Crippen molar-refractivity contribution in [3.05, 3.63) is 33.9 Å². The van der Waals surface area contributed by atoms with Crippen molar-refractivity contribution in [2.75, 3.05) is 20.3 Å². The molecule has 6 nitrogen and oxygen atoms in total. The lowest BCUT2D eigenvalue weighted by Crippen LogP contribution is -2.33. The number of nitro benzene ring substituents is 1. The van der Waals surface area contributed by atoms with Crippen LogP contribution in [-0.2, 0) is 11.3 Å². The Labute approximate surface area is 118 Å². The summed E-state index contributed by atoms with van der Waals surface area (Å²) in [6, 6.07) is 4.96. The Morgan fingerprint density at radius 2 is 2.40 bits per heavy atom. The fourth-order valence-corrected chi connectivity index (χ4v) is 2.40. The van der Waals surface area contributed by atoms with Gasteiger partial charge in [-0.15, -0.1) is 0 Å². The number of non-ortho nitro benzene ring substituents is 1. The normalized spacial score (nSPS) is 19.8. The standard InChI is InChI=1S/C14H20N2O4/c1-10(11-5-6-20-9-11)15-8-12-7-13(16(17)18)3-4-14(12)19-2/h3-4,7,10-11,15H,5-6,8-9H2,1-2H3. The van der Waals surface area contributed by atoms with E-state index in [0.717, 1.165) is 25.2 Å². The van der Waals surface area contributed by atoms with Gasteiger partial charge in [-0.1, -0.05) is 0 Å². The minimum atomic E-state index is -0.392. The zero-order valence-electron chi connectivity index (χ0n) is 11.8. The number of nitrogens with one attached hydrogen (secondary N) is 1. The van der Waals surface area contributed by atoms with Crippen molar-refractivity contribution in [2.45, 2.75) is 25.9 Å². The van der Waals surface area contributed by atoms with Gasteiger partial charge in [0.25, 0.3) is 5.69 Å². The Bertz CT molecular complexity index is 472. The van der Waals surface area contributed by atoms with Gasteiger partial charge >= 0.3 is 0 Å². The minimum Gasteiger partial charge on any atom is -0.496 e. The summed E-state index contributed by atoms with van der Waals surface area (Å²) >= 11 is 0. The molecule has 0 saturated carbocycles. The molecule has 0 bridgehead atoms. The number of methoxy groups -OCH3 is 1. The molecule has 1 aliphatic heterocycles. The molecule has 1 saturated heterocycles. The summed E-state index contributed by atoms with van der Waals surface area (Å²) in [7, 11) is 1.57. The number of nitro groups is 1. The van der Waals surface area contributed by atoms with Crippen LogP contribution in [0.15, 0.2) is 18.2 Å². The van der Waals surface area contributed by atoms with Crippen LogP contribution in [-0.4, -0.2) is 31.3 Å². The van der Waals surface area contributed by atoms with E-state index < -0.39 is 4.92 Å². The van der Waals surface area contributed by atoms with Gasteiger partial charge in [0.05, 0.1) is 18.6 Å². The van der Waals surface area contributed by atoms with E-state index >= 15 is 0 Å². The molecule has 2 unspecified atom stereocenters. The van der Waals surface area contributed by atoms with Crippen LogP contribution >= 0.6 is 0 Å². The van der Waals surface area contributed by atoms with E-state index in [9.17, 15) is 10.1 Å². The van der Waals surface area contributed by atoms with Crippen LogP contribution < -0.4 is 10.1 Å². The first-order valence-electron chi connectivity index (χ1n) is 6.74. The van der Waals surface area contributed by atoms with Gasteiger partial charge < -0.3 is 14.8 Å². The third-order valence-corrected chi connectivity index (χ3v) is 3.76. The number of rotatable bonds is 6. The van der Waals surface area contributed by atoms with Gasteiger partial charge in [0.15, 0.2) is 0 Å². The summed E-state index contributed by atoms with van der Waals surface area (Å²) in [4.78, 5) is 10.4. The van der Waals surface area contributed by atoms with Crippen molar-refractivity contribution in [3.8, 4) is 5.75 Å². The summed E-state index contributed by atoms with van der Waals surface area (Å²) < 4.78 is 10.6. The largest absolute Gasteiger partial charge is 0.496 e. The zero-order valence-corrected chi connectivity index (χ0v) is 11.8. The number of hydrogen-bond donors (Lipinski definition) is 1. The number of benzene rings is 1. The van der Waals surface area contributed by atoms with Crippen LogP contribution in [0, 0.1) is 16.0 Å². The van der Waals surface area contributed by atoms with Crippen molar-refractivity contribution >= 4 is 5.69 Å². The molecule has 1 aromatic carbocycles. The fourth-order valence-electron chi connectivity index (χ4n) is 2.40. The Kier molecular flexibility index (Phi) is 4.92. The van der Waals surface area contributed by atoms with Crippen LogP contribution in [0.4, 0.5) is 5.69 Å². The lowest BCUT2D eigenvalue weighted by Gasteiger charge is -2.20. The van der Waals surface area contributed by atoms with Crippen LogP contribution in [0.3, 0.4) is 0 Å². The second-order valence-electron chi connectivity index (χ2n) is 5.05. The predicted octanol–water partition coefficient (Wildman–Crippen LogP) is 2.12. The van der Waals surface area contributed by atoms with E-state index in [1.807, 2.05) is 0 Å². The van der Waals surface area contributed by atoms with Gasteiger partial charge in [-0.2, -0.15) is 0 Å². The molecule has 1 N–H and O–H groups in total. The first kappa shape index (κ1) is 14.7. The molecule has 1 heterocycles. The SMILES string of the molecule is COc1ccc([N+](=O)[O-])cc1CNC(C)C1CCOC1. The van der Waals surface area contributed by atoms with Crippen LogP contribution in [0.25, 0.3) is 0 Å². The summed E-state index contributed by atoms with van der Waals surface area (Å²) in [6.07, 6.45) is 1.06. The first-order chi connectivity index (χ1) is 9.61. The van der Waals surface area contributed by atoms with E-state index in [4.69, 9.17) is 9.47 Å². The van der Waals surface area contributed by atoms with Crippen molar-refractivity contribution in [1.29, 1.82) is 0 Å². The molecule has 0 aliphatic carbocycles. The Morgan fingerprint density at radius 3 is 3.00 bits per heavy atom. The summed E-state index contributed by atoms with van der Waals surface area (Å²) in [6.45, 7) is 4.25. The van der Waals surface area contributed by atoms with Gasteiger partial charge in [0.2, 0.25) is 0 Å². The second-order valence-corrected chi connectivity index (χ2v) is 5.05. The molecule has 6 heteroatoms. The zero-order chi connectivity index (χ0) is 14.5. The van der Waals surface area contributed by atoms with Gasteiger partial charge in [-0.05, 0) is 25.3 Å². The summed E-state index contributed by atoms with van der Waals surface area (Å²) in [5.74, 6) is 1.16. The van der Waals surface area contributed by atoms with Crippen molar-refractivity contribution in [1.82, 2.24) is 5.32 Å². The highest BCUT2D eigenvalue weighted by Gasteiger charge is 2.22. The number of hydrogen-bond acceptors (Lipinski definition) is 5. The molecule has 0 radical (unpaired) electrons. The van der Waals surface area contributed by atoms with Gasteiger partial charge in [-0.3, -0.25) is 10.1 Å². The molecule has 0 spiro atoms. The molecule has 2 atom stereocenters. The van der Waals surface area contributed by atoms with Crippen LogP contribution in [0.5, 0.6) is 5.75 Å². The first-order valence-corrected chi connectivity index (χ1v) is 6.74.